The van der Waals surface area contributed by atoms with Crippen LogP contribution < -0.4 is 14.8 Å². The molecule has 0 unspecified atom stereocenters. The minimum Gasteiger partial charge on any atom is -0.334 e. The number of sulfonamides is 2. The number of hydrogen-bond acceptors (Lipinski definition) is 5. The molecule has 2 amide bonds. The van der Waals surface area contributed by atoms with Crippen LogP contribution in [0.5, 0.6) is 0 Å². The maximum absolute atomic E-state index is 12.4. The van der Waals surface area contributed by atoms with Crippen LogP contribution in [0.25, 0.3) is 0 Å². The second kappa shape index (κ2) is 10.4. The molecule has 2 rings (SSSR count). The smallest absolute Gasteiger partial charge is 0.317 e. The third-order valence-electron chi connectivity index (χ3n) is 4.70. The molecule has 9 nitrogen and oxygen atoms in total. The van der Waals surface area contributed by atoms with Gasteiger partial charge in [0.15, 0.2) is 0 Å². The summed E-state index contributed by atoms with van der Waals surface area (Å²) in [5.74, 6) is -0.00484. The quantitative estimate of drug-likeness (QED) is 0.516. The SMILES string of the molecule is CCCS(=O)(=O)NC1CCN(C(=O)NCc2cccc(CS(=O)(=O)NC)c2)CC1. The fraction of sp³-hybridized carbons (Fsp3) is 0.611. The van der Waals surface area contributed by atoms with Gasteiger partial charge < -0.3 is 10.2 Å². The fourth-order valence-corrected chi connectivity index (χ4v) is 5.35. The lowest BCUT2D eigenvalue weighted by Gasteiger charge is -2.32. The summed E-state index contributed by atoms with van der Waals surface area (Å²) in [6.45, 7) is 3.06. The molecule has 1 aromatic rings. The molecule has 0 aromatic heterocycles. The van der Waals surface area contributed by atoms with Crippen LogP contribution in [0.4, 0.5) is 4.79 Å². The first-order valence-electron chi connectivity index (χ1n) is 9.66. The van der Waals surface area contributed by atoms with Gasteiger partial charge in [0, 0.05) is 25.7 Å². The van der Waals surface area contributed by atoms with Crippen molar-refractivity contribution in [3.05, 3.63) is 35.4 Å². The van der Waals surface area contributed by atoms with E-state index >= 15 is 0 Å². The Balaban J connectivity index is 1.82. The second-order valence-electron chi connectivity index (χ2n) is 7.14. The number of benzene rings is 1. The van der Waals surface area contributed by atoms with Crippen molar-refractivity contribution >= 4 is 26.1 Å². The average Bonchev–Trinajstić information content (AvgIpc) is 2.66. The number of piperidine rings is 1. The summed E-state index contributed by atoms with van der Waals surface area (Å²) in [5, 5.41) is 2.84. The summed E-state index contributed by atoms with van der Waals surface area (Å²) >= 11 is 0. The van der Waals surface area contributed by atoms with Crippen molar-refractivity contribution in [2.75, 3.05) is 25.9 Å². The second-order valence-corrected chi connectivity index (χ2v) is 10.9. The molecule has 0 spiro atoms. The van der Waals surface area contributed by atoms with Gasteiger partial charge in [-0.15, -0.1) is 0 Å². The Morgan fingerprint density at radius 3 is 2.38 bits per heavy atom. The number of nitrogens with one attached hydrogen (secondary N) is 3. The third kappa shape index (κ3) is 7.92. The summed E-state index contributed by atoms with van der Waals surface area (Å²) in [6, 6.07) is 6.71. The molecule has 1 aliphatic heterocycles. The Hall–Kier alpha value is -1.69. The van der Waals surface area contributed by atoms with Crippen molar-refractivity contribution < 1.29 is 21.6 Å². The topological polar surface area (TPSA) is 125 Å². The van der Waals surface area contributed by atoms with Crippen molar-refractivity contribution in [2.24, 2.45) is 0 Å². The minimum atomic E-state index is -3.35. The molecule has 0 bridgehead atoms. The first-order chi connectivity index (χ1) is 13.6. The van der Waals surface area contributed by atoms with Crippen molar-refractivity contribution in [3.63, 3.8) is 0 Å². The lowest BCUT2D eigenvalue weighted by molar-refractivity contribution is 0.179. The number of rotatable bonds is 9. The van der Waals surface area contributed by atoms with Crippen molar-refractivity contribution in [1.29, 1.82) is 0 Å². The van der Waals surface area contributed by atoms with E-state index in [4.69, 9.17) is 0 Å². The van der Waals surface area contributed by atoms with E-state index in [2.05, 4.69) is 14.8 Å². The van der Waals surface area contributed by atoms with Crippen LogP contribution in [-0.4, -0.2) is 59.7 Å². The molecule has 29 heavy (non-hydrogen) atoms. The summed E-state index contributed by atoms with van der Waals surface area (Å²) in [6.07, 6.45) is 1.72. The van der Waals surface area contributed by atoms with E-state index in [-0.39, 0.29) is 30.1 Å². The highest BCUT2D eigenvalue weighted by Crippen LogP contribution is 2.13. The minimum absolute atomic E-state index is 0.113. The Morgan fingerprint density at radius 1 is 1.10 bits per heavy atom. The Bertz CT molecular complexity index is 895. The van der Waals surface area contributed by atoms with E-state index in [0.29, 0.717) is 37.9 Å². The molecule has 164 valence electrons. The summed E-state index contributed by atoms with van der Waals surface area (Å²) < 4.78 is 52.0. The molecule has 1 fully saturated rings. The van der Waals surface area contributed by atoms with Crippen molar-refractivity contribution in [3.8, 4) is 0 Å². The zero-order valence-corrected chi connectivity index (χ0v) is 18.5. The molecule has 1 saturated heterocycles. The number of urea groups is 1. The number of likely N-dealkylation sites (tertiary alicyclic amines) is 1. The fourth-order valence-electron chi connectivity index (χ4n) is 3.19. The number of carbonyl (C=O) groups is 1. The van der Waals surface area contributed by atoms with Crippen molar-refractivity contribution in [1.82, 2.24) is 19.7 Å². The molecular formula is C18H30N4O5S2. The van der Waals surface area contributed by atoms with Gasteiger partial charge in [0.05, 0.1) is 11.5 Å². The van der Waals surface area contributed by atoms with Crippen LogP contribution >= 0.6 is 0 Å². The van der Waals surface area contributed by atoms with Gasteiger partial charge in [0.2, 0.25) is 20.0 Å². The predicted octanol–water partition coefficient (Wildman–Crippen LogP) is 0.739. The molecule has 0 aliphatic carbocycles. The van der Waals surface area contributed by atoms with Crippen molar-refractivity contribution in [2.45, 2.75) is 44.5 Å². The van der Waals surface area contributed by atoms with Gasteiger partial charge in [-0.1, -0.05) is 31.2 Å². The molecule has 11 heteroatoms. The summed E-state index contributed by atoms with van der Waals surface area (Å²) in [7, 11) is -5.23. The van der Waals surface area contributed by atoms with Gasteiger partial charge in [-0.05, 0) is 37.4 Å². The van der Waals surface area contributed by atoms with Crippen LogP contribution in [0.3, 0.4) is 0 Å². The molecule has 1 aliphatic rings. The zero-order chi connectivity index (χ0) is 21.5. The normalized spacial score (nSPS) is 16.0. The maximum atomic E-state index is 12.4. The number of amides is 2. The Kier molecular flexibility index (Phi) is 8.44. The van der Waals surface area contributed by atoms with Crippen LogP contribution in [-0.2, 0) is 32.3 Å². The van der Waals surface area contributed by atoms with Crippen LogP contribution in [0.15, 0.2) is 24.3 Å². The van der Waals surface area contributed by atoms with Crippen LogP contribution in [0, 0.1) is 0 Å². The lowest BCUT2D eigenvalue weighted by Crippen LogP contribution is -2.49. The number of hydrogen-bond donors (Lipinski definition) is 3. The third-order valence-corrected chi connectivity index (χ3v) is 7.68. The van der Waals surface area contributed by atoms with Crippen LogP contribution in [0.1, 0.15) is 37.3 Å². The molecule has 1 aromatic carbocycles. The van der Waals surface area contributed by atoms with E-state index in [1.54, 1.807) is 23.1 Å². The average molecular weight is 447 g/mol. The Morgan fingerprint density at radius 2 is 1.76 bits per heavy atom. The van der Waals surface area contributed by atoms with E-state index in [0.717, 1.165) is 5.56 Å². The van der Waals surface area contributed by atoms with Gasteiger partial charge in [0.1, 0.15) is 0 Å². The van der Waals surface area contributed by atoms with Crippen LogP contribution in [0.2, 0.25) is 0 Å². The van der Waals surface area contributed by atoms with Gasteiger partial charge in [-0.2, -0.15) is 0 Å². The molecular weight excluding hydrogens is 416 g/mol. The molecule has 0 atom stereocenters. The molecule has 0 radical (unpaired) electrons. The first-order valence-corrected chi connectivity index (χ1v) is 13.0. The van der Waals surface area contributed by atoms with E-state index < -0.39 is 20.0 Å². The van der Waals surface area contributed by atoms with Gasteiger partial charge in [0.25, 0.3) is 0 Å². The standard InChI is InChI=1S/C18H30N4O5S2/c1-3-11-28(24,25)21-17-7-9-22(10-8-17)18(23)20-13-15-5-4-6-16(12-15)14-29(26,27)19-2/h4-6,12,17,19,21H,3,7-11,13-14H2,1-2H3,(H,20,23). The maximum Gasteiger partial charge on any atom is 0.317 e. The summed E-state index contributed by atoms with van der Waals surface area (Å²) in [4.78, 5) is 14.1. The Labute approximate surface area is 173 Å². The summed E-state index contributed by atoms with van der Waals surface area (Å²) in [5.41, 5.74) is 1.45. The number of carbonyl (C=O) groups excluding carboxylic acids is 1. The molecule has 3 N–H and O–H groups in total. The lowest BCUT2D eigenvalue weighted by atomic mass is 10.1. The van der Waals surface area contributed by atoms with E-state index in [1.807, 2.05) is 13.0 Å². The highest BCUT2D eigenvalue weighted by Gasteiger charge is 2.25. The molecule has 1 heterocycles. The van der Waals surface area contributed by atoms with Gasteiger partial charge in [-0.25, -0.2) is 31.1 Å². The monoisotopic (exact) mass is 446 g/mol. The first kappa shape index (κ1) is 23.6. The van der Waals surface area contributed by atoms with E-state index in [1.165, 1.54) is 7.05 Å². The zero-order valence-electron chi connectivity index (χ0n) is 16.8. The van der Waals surface area contributed by atoms with Gasteiger partial charge in [-0.3, -0.25) is 0 Å². The number of nitrogens with zero attached hydrogens (tertiary/aromatic N) is 1. The predicted molar refractivity (Wildman–Crippen MR) is 112 cm³/mol. The van der Waals surface area contributed by atoms with E-state index in [9.17, 15) is 21.6 Å². The van der Waals surface area contributed by atoms with Gasteiger partial charge >= 0.3 is 6.03 Å². The highest BCUT2D eigenvalue weighted by atomic mass is 32.2. The largest absolute Gasteiger partial charge is 0.334 e. The molecule has 0 saturated carbocycles. The highest BCUT2D eigenvalue weighted by molar-refractivity contribution is 7.89.